The molecule has 0 amide bonds. The molecular weight excluding hydrogens is 248 g/mol. The van der Waals surface area contributed by atoms with Crippen LogP contribution in [-0.2, 0) is 0 Å². The number of aliphatic hydroxyl groups excluding tert-OH is 2. The first-order valence-corrected chi connectivity index (χ1v) is 5.59. The highest BCUT2D eigenvalue weighted by Crippen LogP contribution is 2.26. The van der Waals surface area contributed by atoms with E-state index in [4.69, 9.17) is 15.5 Å². The normalized spacial score (nSPS) is 12.9. The number of methoxy groups -OCH3 is 1. The van der Waals surface area contributed by atoms with Gasteiger partial charge >= 0.3 is 0 Å². The second-order valence-electron chi connectivity index (χ2n) is 3.82. The number of ether oxygens (including phenoxy) is 1. The van der Waals surface area contributed by atoms with E-state index in [1.807, 2.05) is 6.07 Å². The van der Waals surface area contributed by atoms with E-state index in [2.05, 4.69) is 10.0 Å². The maximum Gasteiger partial charge on any atom is 0.119 e. The summed E-state index contributed by atoms with van der Waals surface area (Å²) in [5.74, 6) is 0.482. The van der Waals surface area contributed by atoms with Crippen molar-refractivity contribution in [3.8, 4) is 11.8 Å². The molecule has 0 aromatic heterocycles. The van der Waals surface area contributed by atoms with Crippen LogP contribution >= 0.6 is 0 Å². The van der Waals surface area contributed by atoms with Crippen LogP contribution in [0.25, 0.3) is 10.4 Å². The van der Waals surface area contributed by atoms with Gasteiger partial charge in [0.05, 0.1) is 24.8 Å². The van der Waals surface area contributed by atoms with E-state index in [9.17, 15) is 10.2 Å². The van der Waals surface area contributed by atoms with Crippen LogP contribution in [0.5, 0.6) is 5.75 Å². The predicted octanol–water partition coefficient (Wildman–Crippen LogP) is 1.66. The van der Waals surface area contributed by atoms with Crippen molar-refractivity contribution in [2.45, 2.75) is 18.6 Å². The van der Waals surface area contributed by atoms with Gasteiger partial charge in [-0.1, -0.05) is 5.11 Å². The number of azide groups is 1. The fourth-order valence-electron chi connectivity index (χ4n) is 1.61. The van der Waals surface area contributed by atoms with Crippen molar-refractivity contribution in [3.05, 3.63) is 39.8 Å². The van der Waals surface area contributed by atoms with Crippen LogP contribution in [-0.4, -0.2) is 30.0 Å². The minimum absolute atomic E-state index is 0.0700. The molecule has 0 fully saturated rings. The first kappa shape index (κ1) is 14.8. The van der Waals surface area contributed by atoms with E-state index >= 15 is 0 Å². The maximum absolute atomic E-state index is 10.0. The minimum atomic E-state index is -1.24. The summed E-state index contributed by atoms with van der Waals surface area (Å²) in [5, 5.41) is 32.1. The third kappa shape index (κ3) is 3.86. The molecule has 19 heavy (non-hydrogen) atoms. The SMILES string of the molecule is COc1ccc(C#N)c(C(O)C(O)CCN=[N+]=[N-])c1. The molecule has 0 aliphatic heterocycles. The van der Waals surface area contributed by atoms with Crippen molar-refractivity contribution in [2.75, 3.05) is 13.7 Å². The molecule has 2 N–H and O–H groups in total. The first-order chi connectivity index (χ1) is 9.13. The lowest BCUT2D eigenvalue weighted by Crippen LogP contribution is -2.20. The fourth-order valence-corrected chi connectivity index (χ4v) is 1.61. The van der Waals surface area contributed by atoms with Crippen LogP contribution in [0.4, 0.5) is 0 Å². The van der Waals surface area contributed by atoms with Crippen LogP contribution in [0, 0.1) is 11.3 Å². The van der Waals surface area contributed by atoms with E-state index in [1.165, 1.54) is 19.2 Å². The van der Waals surface area contributed by atoms with Crippen molar-refractivity contribution >= 4 is 0 Å². The third-order valence-electron chi connectivity index (χ3n) is 2.65. The zero-order valence-corrected chi connectivity index (χ0v) is 10.4. The zero-order chi connectivity index (χ0) is 14.3. The average molecular weight is 262 g/mol. The molecule has 1 aromatic rings. The first-order valence-electron chi connectivity index (χ1n) is 5.59. The summed E-state index contributed by atoms with van der Waals surface area (Å²) in [7, 11) is 1.47. The largest absolute Gasteiger partial charge is 0.497 e. The molecule has 0 heterocycles. The van der Waals surface area contributed by atoms with Crippen LogP contribution in [0.3, 0.4) is 0 Å². The average Bonchev–Trinajstić information content (AvgIpc) is 2.45. The summed E-state index contributed by atoms with van der Waals surface area (Å²) < 4.78 is 5.01. The summed E-state index contributed by atoms with van der Waals surface area (Å²) >= 11 is 0. The zero-order valence-electron chi connectivity index (χ0n) is 10.4. The number of rotatable bonds is 6. The lowest BCUT2D eigenvalue weighted by Gasteiger charge is -2.19. The van der Waals surface area contributed by atoms with Gasteiger partial charge < -0.3 is 14.9 Å². The predicted molar refractivity (Wildman–Crippen MR) is 67.3 cm³/mol. The minimum Gasteiger partial charge on any atom is -0.497 e. The lowest BCUT2D eigenvalue weighted by atomic mass is 9.97. The highest BCUT2D eigenvalue weighted by molar-refractivity contribution is 5.44. The van der Waals surface area contributed by atoms with Gasteiger partial charge in [-0.2, -0.15) is 5.26 Å². The molecule has 0 radical (unpaired) electrons. The molecule has 7 nitrogen and oxygen atoms in total. The van der Waals surface area contributed by atoms with Crippen LogP contribution in [0.15, 0.2) is 23.3 Å². The Hall–Kier alpha value is -2.26. The van der Waals surface area contributed by atoms with Gasteiger partial charge in [-0.25, -0.2) is 0 Å². The van der Waals surface area contributed by atoms with Crippen LogP contribution in [0.2, 0.25) is 0 Å². The van der Waals surface area contributed by atoms with E-state index in [0.29, 0.717) is 5.75 Å². The molecule has 0 aliphatic carbocycles. The Labute approximate surface area is 110 Å². The maximum atomic E-state index is 10.0. The summed E-state index contributed by atoms with van der Waals surface area (Å²) in [6, 6.07) is 6.55. The van der Waals surface area contributed by atoms with Gasteiger partial charge in [-0.05, 0) is 30.2 Å². The second-order valence-corrected chi connectivity index (χ2v) is 3.82. The molecule has 100 valence electrons. The molecular formula is C12H14N4O3. The van der Waals surface area contributed by atoms with Crippen molar-refractivity contribution in [3.63, 3.8) is 0 Å². The van der Waals surface area contributed by atoms with E-state index in [0.717, 1.165) is 0 Å². The van der Waals surface area contributed by atoms with Crippen LogP contribution < -0.4 is 4.74 Å². The monoisotopic (exact) mass is 262 g/mol. The van der Waals surface area contributed by atoms with Gasteiger partial charge in [0, 0.05) is 17.0 Å². The number of aliphatic hydroxyl groups is 2. The highest BCUT2D eigenvalue weighted by atomic mass is 16.5. The van der Waals surface area contributed by atoms with Gasteiger partial charge in [0.25, 0.3) is 0 Å². The van der Waals surface area contributed by atoms with E-state index < -0.39 is 12.2 Å². The van der Waals surface area contributed by atoms with Crippen molar-refractivity contribution in [1.82, 2.24) is 0 Å². The van der Waals surface area contributed by atoms with Gasteiger partial charge in [-0.3, -0.25) is 0 Å². The third-order valence-corrected chi connectivity index (χ3v) is 2.65. The molecule has 0 spiro atoms. The highest BCUT2D eigenvalue weighted by Gasteiger charge is 2.21. The number of hydrogen-bond acceptors (Lipinski definition) is 5. The summed E-state index contributed by atoms with van der Waals surface area (Å²) in [5.41, 5.74) is 8.69. The molecule has 1 rings (SSSR count). The van der Waals surface area contributed by atoms with Crippen molar-refractivity contribution < 1.29 is 14.9 Å². The number of benzene rings is 1. The molecule has 0 saturated carbocycles. The van der Waals surface area contributed by atoms with Crippen molar-refractivity contribution in [2.24, 2.45) is 5.11 Å². The van der Waals surface area contributed by atoms with Gasteiger partial charge in [0.1, 0.15) is 11.9 Å². The molecule has 2 atom stereocenters. The Morgan fingerprint density at radius 3 is 2.84 bits per heavy atom. The standard InChI is InChI=1S/C12H14N4O3/c1-19-9-3-2-8(7-13)10(6-9)12(18)11(17)4-5-15-16-14/h2-3,6,11-12,17-18H,4-5H2,1H3. The number of nitriles is 1. The lowest BCUT2D eigenvalue weighted by molar-refractivity contribution is 0.0148. The summed E-state index contributed by atoms with van der Waals surface area (Å²) in [4.78, 5) is 2.56. The molecule has 0 bridgehead atoms. The second kappa shape index (κ2) is 7.24. The molecule has 0 saturated heterocycles. The summed E-state index contributed by atoms with van der Waals surface area (Å²) in [6.45, 7) is 0.0700. The van der Waals surface area contributed by atoms with E-state index in [-0.39, 0.29) is 24.1 Å². The molecule has 2 unspecified atom stereocenters. The van der Waals surface area contributed by atoms with Crippen molar-refractivity contribution in [1.29, 1.82) is 5.26 Å². The fraction of sp³-hybridized carbons (Fsp3) is 0.417. The Bertz CT molecular complexity index is 520. The molecule has 7 heteroatoms. The Kier molecular flexibility index (Phi) is 5.64. The molecule has 0 aliphatic rings. The van der Waals surface area contributed by atoms with Gasteiger partial charge in [0.2, 0.25) is 0 Å². The smallest absolute Gasteiger partial charge is 0.119 e. The van der Waals surface area contributed by atoms with Gasteiger partial charge in [-0.15, -0.1) is 0 Å². The Morgan fingerprint density at radius 2 is 2.26 bits per heavy atom. The van der Waals surface area contributed by atoms with Crippen LogP contribution in [0.1, 0.15) is 23.7 Å². The summed E-state index contributed by atoms with van der Waals surface area (Å²) in [6.07, 6.45) is -2.25. The Morgan fingerprint density at radius 1 is 1.53 bits per heavy atom. The Balaban J connectivity index is 2.93. The quantitative estimate of drug-likeness (QED) is 0.459. The number of hydrogen-bond donors (Lipinski definition) is 2. The van der Waals surface area contributed by atoms with Gasteiger partial charge in [0.15, 0.2) is 0 Å². The van der Waals surface area contributed by atoms with E-state index in [1.54, 1.807) is 6.07 Å². The topological polar surface area (TPSA) is 122 Å². The number of nitrogens with zero attached hydrogens (tertiary/aromatic N) is 4. The molecule has 1 aromatic carbocycles.